The highest BCUT2D eigenvalue weighted by Crippen LogP contribution is 2.07. The molecule has 1 fully saturated rings. The van der Waals surface area contributed by atoms with Crippen molar-refractivity contribution in [2.24, 2.45) is 0 Å². The minimum atomic E-state index is -0.625. The standard InChI is InChI=1S/C7H14NO2/c9-6-3-1-2-4-8-5-7(6)10/h6-7,9-10H,1-5H2/t6-,7+/m1/s1. The van der Waals surface area contributed by atoms with Crippen molar-refractivity contribution in [3.8, 4) is 0 Å². The molecule has 59 valence electrons. The summed E-state index contributed by atoms with van der Waals surface area (Å²) in [5.74, 6) is 0. The van der Waals surface area contributed by atoms with Crippen LogP contribution in [0.4, 0.5) is 0 Å². The quantitative estimate of drug-likeness (QED) is 0.481. The van der Waals surface area contributed by atoms with Crippen LogP contribution < -0.4 is 5.32 Å². The lowest BCUT2D eigenvalue weighted by Gasteiger charge is -2.19. The summed E-state index contributed by atoms with van der Waals surface area (Å²) in [5, 5.41) is 22.4. The molecule has 1 rings (SSSR count). The molecule has 0 amide bonds. The lowest BCUT2D eigenvalue weighted by atomic mass is 10.0. The number of aliphatic hydroxyl groups is 2. The summed E-state index contributed by atoms with van der Waals surface area (Å²) in [6, 6.07) is 0. The Hall–Kier alpha value is -0.120. The highest BCUT2D eigenvalue weighted by molar-refractivity contribution is 4.71. The first kappa shape index (κ1) is 7.98. The second-order valence-electron chi connectivity index (χ2n) is 2.76. The normalized spacial score (nSPS) is 36.6. The summed E-state index contributed by atoms with van der Waals surface area (Å²) in [7, 11) is 0. The van der Waals surface area contributed by atoms with Crippen LogP contribution in [0.2, 0.25) is 0 Å². The predicted octanol–water partition coefficient (Wildman–Crippen LogP) is -0.504. The van der Waals surface area contributed by atoms with E-state index in [2.05, 4.69) is 5.32 Å². The Kier molecular flexibility index (Phi) is 3.12. The minimum absolute atomic E-state index is 0.404. The Morgan fingerprint density at radius 3 is 2.70 bits per heavy atom. The van der Waals surface area contributed by atoms with Crippen LogP contribution in [-0.2, 0) is 0 Å². The van der Waals surface area contributed by atoms with E-state index in [0.29, 0.717) is 6.54 Å². The average molecular weight is 144 g/mol. The summed E-state index contributed by atoms with van der Waals surface area (Å²) >= 11 is 0. The fourth-order valence-electron chi connectivity index (χ4n) is 1.11. The summed E-state index contributed by atoms with van der Waals surface area (Å²) in [5.41, 5.74) is 0. The van der Waals surface area contributed by atoms with Gasteiger partial charge in [-0.1, -0.05) is 0 Å². The van der Waals surface area contributed by atoms with E-state index in [0.717, 1.165) is 25.8 Å². The topological polar surface area (TPSA) is 54.6 Å². The first-order valence-corrected chi connectivity index (χ1v) is 3.80. The van der Waals surface area contributed by atoms with Crippen LogP contribution in [0.15, 0.2) is 0 Å². The molecular weight excluding hydrogens is 130 g/mol. The maximum Gasteiger partial charge on any atom is 0.0939 e. The number of hydrogen-bond acceptors (Lipinski definition) is 2. The van der Waals surface area contributed by atoms with Crippen molar-refractivity contribution in [1.29, 1.82) is 0 Å². The molecule has 0 aliphatic carbocycles. The van der Waals surface area contributed by atoms with Crippen LogP contribution in [0, 0.1) is 0 Å². The molecule has 2 atom stereocenters. The van der Waals surface area contributed by atoms with Gasteiger partial charge in [-0.25, -0.2) is 5.32 Å². The molecule has 3 heteroatoms. The molecule has 3 nitrogen and oxygen atoms in total. The maximum atomic E-state index is 9.17. The molecule has 0 unspecified atom stereocenters. The van der Waals surface area contributed by atoms with Crippen LogP contribution in [0.25, 0.3) is 0 Å². The summed E-state index contributed by atoms with van der Waals surface area (Å²) < 4.78 is 0. The highest BCUT2D eigenvalue weighted by atomic mass is 16.3. The van der Waals surface area contributed by atoms with Gasteiger partial charge >= 0.3 is 0 Å². The smallest absolute Gasteiger partial charge is 0.0939 e. The number of aliphatic hydroxyl groups excluding tert-OH is 2. The van der Waals surface area contributed by atoms with Crippen LogP contribution in [0.3, 0.4) is 0 Å². The van der Waals surface area contributed by atoms with Gasteiger partial charge in [0.15, 0.2) is 0 Å². The Labute approximate surface area is 61.1 Å². The second-order valence-corrected chi connectivity index (χ2v) is 2.76. The first-order valence-electron chi connectivity index (χ1n) is 3.80. The first-order chi connectivity index (χ1) is 4.80. The lowest BCUT2D eigenvalue weighted by Crippen LogP contribution is -2.35. The second kappa shape index (κ2) is 3.91. The summed E-state index contributed by atoms with van der Waals surface area (Å²) in [6.07, 6.45) is 1.56. The Bertz CT molecular complexity index is 85.6. The maximum absolute atomic E-state index is 9.17. The van der Waals surface area contributed by atoms with Crippen LogP contribution in [0.1, 0.15) is 19.3 Å². The number of hydrogen-bond donors (Lipinski definition) is 2. The van der Waals surface area contributed by atoms with E-state index >= 15 is 0 Å². The van der Waals surface area contributed by atoms with E-state index in [-0.39, 0.29) is 0 Å². The number of rotatable bonds is 0. The third-order valence-corrected chi connectivity index (χ3v) is 1.83. The molecule has 1 aliphatic rings. The molecule has 1 heterocycles. The Morgan fingerprint density at radius 2 is 1.90 bits per heavy atom. The third kappa shape index (κ3) is 2.25. The van der Waals surface area contributed by atoms with Gasteiger partial charge in [0, 0.05) is 13.1 Å². The number of nitrogens with zero attached hydrogens (tertiary/aromatic N) is 1. The van der Waals surface area contributed by atoms with E-state index in [1.165, 1.54) is 0 Å². The van der Waals surface area contributed by atoms with Crippen LogP contribution in [0.5, 0.6) is 0 Å². The minimum Gasteiger partial charge on any atom is -0.390 e. The molecule has 1 aliphatic heterocycles. The third-order valence-electron chi connectivity index (χ3n) is 1.83. The van der Waals surface area contributed by atoms with Crippen molar-refractivity contribution >= 4 is 0 Å². The van der Waals surface area contributed by atoms with Gasteiger partial charge in [0.05, 0.1) is 12.2 Å². The zero-order valence-electron chi connectivity index (χ0n) is 6.03. The Balaban J connectivity index is 2.28. The van der Waals surface area contributed by atoms with Gasteiger partial charge in [-0.3, -0.25) is 0 Å². The fourth-order valence-corrected chi connectivity index (χ4v) is 1.11. The predicted molar refractivity (Wildman–Crippen MR) is 37.7 cm³/mol. The molecule has 1 radical (unpaired) electrons. The molecule has 2 N–H and O–H groups in total. The molecule has 1 saturated heterocycles. The van der Waals surface area contributed by atoms with E-state index in [4.69, 9.17) is 5.11 Å². The van der Waals surface area contributed by atoms with Gasteiger partial charge in [-0.2, -0.15) is 0 Å². The van der Waals surface area contributed by atoms with Crippen molar-refractivity contribution in [2.75, 3.05) is 13.1 Å². The summed E-state index contributed by atoms with van der Waals surface area (Å²) in [6.45, 7) is 1.24. The van der Waals surface area contributed by atoms with E-state index in [1.807, 2.05) is 0 Å². The fraction of sp³-hybridized carbons (Fsp3) is 1.00. The monoisotopic (exact) mass is 144 g/mol. The molecule has 0 aromatic carbocycles. The van der Waals surface area contributed by atoms with Crippen molar-refractivity contribution in [3.05, 3.63) is 0 Å². The van der Waals surface area contributed by atoms with Gasteiger partial charge in [0.1, 0.15) is 0 Å². The van der Waals surface area contributed by atoms with Gasteiger partial charge < -0.3 is 10.2 Å². The van der Waals surface area contributed by atoms with Crippen LogP contribution >= 0.6 is 0 Å². The van der Waals surface area contributed by atoms with E-state index < -0.39 is 12.2 Å². The van der Waals surface area contributed by atoms with Gasteiger partial charge in [0.25, 0.3) is 0 Å². The zero-order chi connectivity index (χ0) is 7.40. The van der Waals surface area contributed by atoms with Crippen molar-refractivity contribution < 1.29 is 10.2 Å². The average Bonchev–Trinajstić information content (AvgIpc) is 1.92. The van der Waals surface area contributed by atoms with E-state index in [1.54, 1.807) is 0 Å². The van der Waals surface area contributed by atoms with Crippen LogP contribution in [-0.4, -0.2) is 35.5 Å². The molecular formula is C7H14NO2. The van der Waals surface area contributed by atoms with Crippen molar-refractivity contribution in [1.82, 2.24) is 5.32 Å². The molecule has 0 spiro atoms. The van der Waals surface area contributed by atoms with Gasteiger partial charge in [0.2, 0.25) is 0 Å². The summed E-state index contributed by atoms with van der Waals surface area (Å²) in [4.78, 5) is 0. The lowest BCUT2D eigenvalue weighted by molar-refractivity contribution is 0.00952. The molecule has 0 bridgehead atoms. The van der Waals surface area contributed by atoms with Gasteiger partial charge in [-0.05, 0) is 19.3 Å². The Morgan fingerprint density at radius 1 is 1.10 bits per heavy atom. The highest BCUT2D eigenvalue weighted by Gasteiger charge is 2.17. The molecule has 0 aromatic heterocycles. The van der Waals surface area contributed by atoms with E-state index in [9.17, 15) is 5.11 Å². The van der Waals surface area contributed by atoms with Crippen molar-refractivity contribution in [2.45, 2.75) is 31.5 Å². The largest absolute Gasteiger partial charge is 0.390 e. The molecule has 0 aromatic rings. The molecule has 0 saturated carbocycles. The zero-order valence-corrected chi connectivity index (χ0v) is 6.03. The molecule has 10 heavy (non-hydrogen) atoms. The van der Waals surface area contributed by atoms with Gasteiger partial charge in [-0.15, -0.1) is 0 Å². The SMILES string of the molecule is O[C@@H]1CCCC[N]C[C@@H]1O. The van der Waals surface area contributed by atoms with Crippen molar-refractivity contribution in [3.63, 3.8) is 0 Å².